The van der Waals surface area contributed by atoms with Gasteiger partial charge in [0.1, 0.15) is 17.8 Å². The molecule has 0 amide bonds. The molecule has 1 saturated heterocycles. The third-order valence-corrected chi connectivity index (χ3v) is 6.11. The Labute approximate surface area is 211 Å². The molecule has 0 saturated carbocycles. The smallest absolute Gasteiger partial charge is 0.406 e. The zero-order valence-corrected chi connectivity index (χ0v) is 20.0. The summed E-state index contributed by atoms with van der Waals surface area (Å²) in [6.07, 6.45) is 1.20. The van der Waals surface area contributed by atoms with Crippen LogP contribution in [0.2, 0.25) is 0 Å². The van der Waals surface area contributed by atoms with Crippen LogP contribution in [0.15, 0.2) is 65.5 Å². The van der Waals surface area contributed by atoms with Crippen molar-refractivity contribution >= 4 is 11.4 Å². The normalized spacial score (nSPS) is 18.7. The first-order chi connectivity index (χ1) is 17.7. The molecule has 194 valence electrons. The minimum atomic E-state index is -4.76. The second-order valence-corrected chi connectivity index (χ2v) is 8.84. The maximum atomic E-state index is 12.4. The number of piperazine rings is 1. The summed E-state index contributed by atoms with van der Waals surface area (Å²) >= 11 is 0. The SMILES string of the molecule is CN1CCN(c2cc(CN3C=C(c4nc(-c5ccc(OC(F)(F)F)cc5)no4)C=CC3O)ccn2)CC1. The molecule has 3 aromatic rings. The Kier molecular flexibility index (Phi) is 6.85. The van der Waals surface area contributed by atoms with E-state index < -0.39 is 12.6 Å². The zero-order chi connectivity index (χ0) is 26.0. The van der Waals surface area contributed by atoms with E-state index in [-0.39, 0.29) is 17.5 Å². The van der Waals surface area contributed by atoms with E-state index in [4.69, 9.17) is 4.52 Å². The average molecular weight is 515 g/mol. The van der Waals surface area contributed by atoms with Crippen molar-refractivity contribution in [2.24, 2.45) is 0 Å². The van der Waals surface area contributed by atoms with Gasteiger partial charge in [-0.3, -0.25) is 0 Å². The molecule has 1 fully saturated rings. The van der Waals surface area contributed by atoms with E-state index in [0.717, 1.165) is 37.6 Å². The van der Waals surface area contributed by atoms with Crippen LogP contribution in [0.1, 0.15) is 11.5 Å². The molecule has 12 heteroatoms. The molecule has 0 aliphatic carbocycles. The molecule has 1 unspecified atom stereocenters. The number of pyridine rings is 1. The summed E-state index contributed by atoms with van der Waals surface area (Å²) < 4.78 is 46.4. The van der Waals surface area contributed by atoms with Gasteiger partial charge in [0.15, 0.2) is 0 Å². The van der Waals surface area contributed by atoms with Crippen molar-refractivity contribution in [3.05, 3.63) is 72.4 Å². The van der Waals surface area contributed by atoms with E-state index in [2.05, 4.69) is 36.7 Å². The number of aromatic nitrogens is 3. The monoisotopic (exact) mass is 514 g/mol. The van der Waals surface area contributed by atoms with Crippen molar-refractivity contribution in [1.29, 1.82) is 0 Å². The van der Waals surface area contributed by atoms with Crippen molar-refractivity contribution in [3.8, 4) is 17.1 Å². The van der Waals surface area contributed by atoms with E-state index in [9.17, 15) is 18.3 Å². The predicted molar refractivity (Wildman–Crippen MR) is 129 cm³/mol. The molecule has 0 radical (unpaired) electrons. The molecule has 5 rings (SSSR count). The number of halogens is 3. The summed E-state index contributed by atoms with van der Waals surface area (Å²) in [5, 5.41) is 14.5. The number of alkyl halides is 3. The molecule has 1 aromatic carbocycles. The number of allylic oxidation sites excluding steroid dienone is 2. The Balaban J connectivity index is 1.29. The fraction of sp³-hybridized carbons (Fsp3) is 0.320. The number of hydrogen-bond acceptors (Lipinski definition) is 9. The second-order valence-electron chi connectivity index (χ2n) is 8.84. The first kappa shape index (κ1) is 24.8. The fourth-order valence-corrected chi connectivity index (χ4v) is 4.11. The third-order valence-electron chi connectivity index (χ3n) is 6.11. The summed E-state index contributed by atoms with van der Waals surface area (Å²) in [5.41, 5.74) is 2.05. The molecular formula is C25H25F3N6O3. The van der Waals surface area contributed by atoms with Gasteiger partial charge in [-0.05, 0) is 61.2 Å². The van der Waals surface area contributed by atoms with E-state index >= 15 is 0 Å². The summed E-state index contributed by atoms with van der Waals surface area (Å²) in [7, 11) is 2.10. The molecule has 1 atom stereocenters. The summed E-state index contributed by atoms with van der Waals surface area (Å²) in [6.45, 7) is 4.20. The molecule has 2 aliphatic rings. The number of likely N-dealkylation sites (N-methyl/N-ethyl adjacent to an activating group) is 1. The molecule has 0 spiro atoms. The first-order valence-corrected chi connectivity index (χ1v) is 11.7. The Morgan fingerprint density at radius 1 is 1.11 bits per heavy atom. The lowest BCUT2D eigenvalue weighted by atomic mass is 10.1. The Hall–Kier alpha value is -3.90. The molecule has 37 heavy (non-hydrogen) atoms. The van der Waals surface area contributed by atoms with Gasteiger partial charge >= 0.3 is 6.36 Å². The molecule has 1 N–H and O–H groups in total. The van der Waals surface area contributed by atoms with Crippen molar-refractivity contribution in [1.82, 2.24) is 24.9 Å². The average Bonchev–Trinajstić information content (AvgIpc) is 3.36. The van der Waals surface area contributed by atoms with Crippen LogP contribution in [0.3, 0.4) is 0 Å². The van der Waals surface area contributed by atoms with Crippen molar-refractivity contribution in [2.45, 2.75) is 19.1 Å². The fourth-order valence-electron chi connectivity index (χ4n) is 4.11. The minimum Gasteiger partial charge on any atom is -0.406 e. The number of aliphatic hydroxyl groups is 1. The quantitative estimate of drug-likeness (QED) is 0.531. The highest BCUT2D eigenvalue weighted by Gasteiger charge is 2.31. The Morgan fingerprint density at radius 2 is 1.86 bits per heavy atom. The molecule has 2 aromatic heterocycles. The molecule has 2 aliphatic heterocycles. The third kappa shape index (κ3) is 6.09. The molecule has 0 bridgehead atoms. The highest BCUT2D eigenvalue weighted by atomic mass is 19.4. The van der Waals surface area contributed by atoms with Gasteiger partial charge in [0.05, 0.1) is 5.57 Å². The van der Waals surface area contributed by atoms with Crippen LogP contribution in [0.4, 0.5) is 19.0 Å². The van der Waals surface area contributed by atoms with Gasteiger partial charge in [0.25, 0.3) is 5.89 Å². The first-order valence-electron chi connectivity index (χ1n) is 11.7. The summed E-state index contributed by atoms with van der Waals surface area (Å²) in [4.78, 5) is 15.2. The van der Waals surface area contributed by atoms with Gasteiger partial charge in [-0.15, -0.1) is 13.2 Å². The lowest BCUT2D eigenvalue weighted by Crippen LogP contribution is -2.44. The maximum Gasteiger partial charge on any atom is 0.573 e. The van der Waals surface area contributed by atoms with Crippen LogP contribution in [-0.2, 0) is 6.54 Å². The molecule has 9 nitrogen and oxygen atoms in total. The highest BCUT2D eigenvalue weighted by Crippen LogP contribution is 2.28. The van der Waals surface area contributed by atoms with Gasteiger partial charge in [-0.2, -0.15) is 4.98 Å². The lowest BCUT2D eigenvalue weighted by molar-refractivity contribution is -0.274. The Morgan fingerprint density at radius 3 is 2.59 bits per heavy atom. The van der Waals surface area contributed by atoms with Crippen molar-refractivity contribution < 1.29 is 27.5 Å². The van der Waals surface area contributed by atoms with Gasteiger partial charge in [0, 0.05) is 50.7 Å². The second kappa shape index (κ2) is 10.2. The van der Waals surface area contributed by atoms with Crippen LogP contribution >= 0.6 is 0 Å². The Bertz CT molecular complexity index is 1280. The number of hydrogen-bond donors (Lipinski definition) is 1. The van der Waals surface area contributed by atoms with E-state index in [0.29, 0.717) is 17.7 Å². The van der Waals surface area contributed by atoms with E-state index in [1.807, 2.05) is 12.1 Å². The van der Waals surface area contributed by atoms with E-state index in [1.165, 1.54) is 24.3 Å². The van der Waals surface area contributed by atoms with Gasteiger partial charge < -0.3 is 29.1 Å². The molecule has 4 heterocycles. The number of nitrogens with zero attached hydrogens (tertiary/aromatic N) is 6. The number of rotatable bonds is 6. The standard InChI is InChI=1S/C25H25F3N6O3/c1-32-10-12-33(13-11-32)21-14-17(8-9-29-21)15-34-16-19(4-7-22(34)35)24-30-23(31-37-24)18-2-5-20(6-3-18)36-25(26,27)28/h2-9,14,16,22,35H,10-13,15H2,1H3. The van der Waals surface area contributed by atoms with Crippen LogP contribution < -0.4 is 9.64 Å². The number of ether oxygens (including phenoxy) is 1. The predicted octanol–water partition coefficient (Wildman–Crippen LogP) is 3.51. The summed E-state index contributed by atoms with van der Waals surface area (Å²) in [5.74, 6) is 0.998. The van der Waals surface area contributed by atoms with Crippen LogP contribution in [0, 0.1) is 0 Å². The van der Waals surface area contributed by atoms with Crippen LogP contribution in [0.25, 0.3) is 17.0 Å². The maximum absolute atomic E-state index is 12.4. The number of benzene rings is 1. The van der Waals surface area contributed by atoms with Crippen molar-refractivity contribution in [2.75, 3.05) is 38.1 Å². The van der Waals surface area contributed by atoms with Gasteiger partial charge in [-0.1, -0.05) is 5.16 Å². The largest absolute Gasteiger partial charge is 0.573 e. The number of aliphatic hydroxyl groups excluding tert-OH is 1. The van der Waals surface area contributed by atoms with Crippen LogP contribution in [0.5, 0.6) is 5.75 Å². The lowest BCUT2D eigenvalue weighted by Gasteiger charge is -2.33. The van der Waals surface area contributed by atoms with Gasteiger partial charge in [-0.25, -0.2) is 4.98 Å². The number of anilines is 1. The molecular weight excluding hydrogens is 489 g/mol. The van der Waals surface area contributed by atoms with Crippen LogP contribution in [-0.4, -0.2) is 75.8 Å². The highest BCUT2D eigenvalue weighted by molar-refractivity contribution is 5.70. The van der Waals surface area contributed by atoms with E-state index in [1.54, 1.807) is 29.4 Å². The topological polar surface area (TPSA) is 91.0 Å². The van der Waals surface area contributed by atoms with Gasteiger partial charge in [0.2, 0.25) is 5.82 Å². The zero-order valence-electron chi connectivity index (χ0n) is 20.0. The minimum absolute atomic E-state index is 0.214. The van der Waals surface area contributed by atoms with Crippen molar-refractivity contribution in [3.63, 3.8) is 0 Å². The summed E-state index contributed by atoms with van der Waals surface area (Å²) in [6, 6.07) is 9.14.